The van der Waals surface area contributed by atoms with E-state index < -0.39 is 0 Å². The first-order valence-electron chi connectivity index (χ1n) is 39.1. The van der Waals surface area contributed by atoms with Crippen molar-refractivity contribution in [2.24, 2.45) is 0 Å². The summed E-state index contributed by atoms with van der Waals surface area (Å²) in [6.45, 7) is 9.36. The van der Waals surface area contributed by atoms with Crippen LogP contribution in [-0.4, -0.2) is 18.7 Å². The third-order valence-electron chi connectivity index (χ3n) is 23.7. The Morgan fingerprint density at radius 3 is 1.24 bits per heavy atom. The summed E-state index contributed by atoms with van der Waals surface area (Å²) in [5.41, 5.74) is 33.3. The van der Waals surface area contributed by atoms with E-state index >= 15 is 0 Å². The van der Waals surface area contributed by atoms with Crippen LogP contribution in [0.25, 0.3) is 127 Å². The highest BCUT2D eigenvalue weighted by Crippen LogP contribution is 2.55. The van der Waals surface area contributed by atoms with Crippen LogP contribution in [0.4, 0.5) is 17.1 Å². The van der Waals surface area contributed by atoms with Crippen LogP contribution in [0.3, 0.4) is 0 Å². The van der Waals surface area contributed by atoms with E-state index in [0.717, 1.165) is 32.7 Å². The normalized spacial score (nSPS) is 13.3. The van der Waals surface area contributed by atoms with Crippen LogP contribution < -0.4 is 4.90 Å². The van der Waals surface area contributed by atoms with E-state index in [4.69, 9.17) is 0 Å². The molecule has 5 nitrogen and oxygen atoms in total. The van der Waals surface area contributed by atoms with E-state index in [0.29, 0.717) is 5.92 Å². The molecule has 16 aromatic carbocycles. The number of para-hydroxylation sites is 6. The third-order valence-corrected chi connectivity index (χ3v) is 24.2. The van der Waals surface area contributed by atoms with Crippen LogP contribution in [-0.2, 0) is 10.8 Å². The summed E-state index contributed by atoms with van der Waals surface area (Å²) in [6, 6.07) is 145. The number of nitrogens with one attached hydrogen (secondary N) is 1. The van der Waals surface area contributed by atoms with Gasteiger partial charge in [-0.2, -0.15) is 0 Å². The standard InChI is InChI=1S/C53H39N3.C32H22N2.C22H19Br/c1-53(2)44-28-13-16-31-47(44)54(48-32-17-14-29-45(48)53)39-25-18-26-40(35-39)55-46-30-15-12-27-41(46)42-33-34-43-49(36-19-6-3-7-20-36)50(37-21-8-4-9-22-37)56(52(43)51(42)55)38-23-10-5-11-24-38;1-4-12-22(13-5-1)29-27-21-20-26-25-18-10-11-19-28(25)33-30(26)32(27)34(24-16-8-3-9-17-24)31(29)23-14-6-2-7-15-23;1-22(2)19-12-5-3-10-17(19)21(15-8-7-9-16(23)14-15)18-11-4-6-13-20(18)22/h3-35H,1-2H3;1-21,33H;3-14,21H,1-2H3. The van der Waals surface area contributed by atoms with Gasteiger partial charge in [0.25, 0.3) is 0 Å². The zero-order valence-electron chi connectivity index (χ0n) is 63.3. The van der Waals surface area contributed by atoms with Gasteiger partial charge in [0.15, 0.2) is 0 Å². The van der Waals surface area contributed by atoms with E-state index in [1.165, 1.54) is 155 Å². The SMILES string of the molecule is CC1(C)c2ccccc2C(c2cccc(Br)c2)c2ccccc21.CC1(C)c2ccccc2N(c2cccc(-n3c4ccccc4c4ccc5c(-c6ccccc6)c(-c6ccccc6)n(-c6ccccc6)c5c43)c2)c2ccccc21.c1ccc(-c2c(-c3ccccc3)n(-c3ccccc3)c3c2ccc2c4ccccc4[nH]c23)cc1. The molecule has 0 amide bonds. The van der Waals surface area contributed by atoms with Crippen molar-refractivity contribution in [1.29, 1.82) is 0 Å². The van der Waals surface area contributed by atoms with Crippen molar-refractivity contribution in [3.8, 4) is 61.8 Å². The minimum atomic E-state index is -0.129. The van der Waals surface area contributed by atoms with Gasteiger partial charge in [-0.25, -0.2) is 0 Å². The van der Waals surface area contributed by atoms with Gasteiger partial charge in [-0.05, 0) is 140 Å². The highest BCUT2D eigenvalue weighted by molar-refractivity contribution is 9.10. The van der Waals surface area contributed by atoms with Gasteiger partial charge in [0, 0.05) is 92.9 Å². The van der Waals surface area contributed by atoms with Gasteiger partial charge < -0.3 is 23.6 Å². The van der Waals surface area contributed by atoms with Crippen LogP contribution in [0, 0.1) is 0 Å². The average Bonchev–Trinajstić information content (AvgIpc) is 1.49. The lowest BCUT2D eigenvalue weighted by Crippen LogP contribution is -2.30. The summed E-state index contributed by atoms with van der Waals surface area (Å²) >= 11 is 3.63. The van der Waals surface area contributed by atoms with Crippen molar-refractivity contribution in [2.75, 3.05) is 4.90 Å². The van der Waals surface area contributed by atoms with Gasteiger partial charge in [-0.3, -0.25) is 0 Å². The molecule has 0 saturated carbocycles. The molecule has 5 heterocycles. The van der Waals surface area contributed by atoms with Crippen LogP contribution >= 0.6 is 15.9 Å². The maximum absolute atomic E-state index is 3.75. The molecule has 113 heavy (non-hydrogen) atoms. The summed E-state index contributed by atoms with van der Waals surface area (Å²) in [5, 5.41) is 7.41. The van der Waals surface area contributed by atoms with Gasteiger partial charge >= 0.3 is 0 Å². The Labute approximate surface area is 667 Å². The Kier molecular flexibility index (Phi) is 17.1. The first kappa shape index (κ1) is 68.7. The van der Waals surface area contributed by atoms with Crippen LogP contribution in [0.1, 0.15) is 72.6 Å². The van der Waals surface area contributed by atoms with Crippen molar-refractivity contribution in [1.82, 2.24) is 18.7 Å². The second kappa shape index (κ2) is 28.1. The molecule has 0 atom stereocenters. The van der Waals surface area contributed by atoms with Crippen molar-refractivity contribution in [3.05, 3.63) is 444 Å². The van der Waals surface area contributed by atoms with Crippen LogP contribution in [0.2, 0.25) is 0 Å². The lowest BCUT2D eigenvalue weighted by atomic mass is 9.64. The van der Waals surface area contributed by atoms with Gasteiger partial charge in [0.05, 0.1) is 50.3 Å². The number of aromatic nitrogens is 4. The molecule has 0 fully saturated rings. The molecule has 1 aliphatic heterocycles. The van der Waals surface area contributed by atoms with Gasteiger partial charge in [-0.1, -0.05) is 365 Å². The molecule has 1 N–H and O–H groups in total. The van der Waals surface area contributed by atoms with E-state index in [2.05, 4.69) is 468 Å². The summed E-state index contributed by atoms with van der Waals surface area (Å²) < 4.78 is 8.58. The monoisotopic (exact) mass is 1510 g/mol. The zero-order valence-corrected chi connectivity index (χ0v) is 64.9. The molecule has 1 aliphatic carbocycles. The predicted molar refractivity (Wildman–Crippen MR) is 479 cm³/mol. The summed E-state index contributed by atoms with van der Waals surface area (Å²) in [4.78, 5) is 6.21. The Morgan fingerprint density at radius 1 is 0.283 bits per heavy atom. The van der Waals surface area contributed by atoms with E-state index in [9.17, 15) is 0 Å². The molecule has 0 saturated heterocycles. The Hall–Kier alpha value is -13.5. The fourth-order valence-electron chi connectivity index (χ4n) is 18.7. The number of aromatic amines is 1. The number of benzene rings is 16. The molecule has 4 aromatic heterocycles. The highest BCUT2D eigenvalue weighted by Gasteiger charge is 2.39. The lowest BCUT2D eigenvalue weighted by molar-refractivity contribution is 0.597. The molecule has 0 radical (unpaired) electrons. The molecular formula is C107H80BrN5. The van der Waals surface area contributed by atoms with E-state index in [1.54, 1.807) is 0 Å². The first-order chi connectivity index (χ1) is 55.6. The predicted octanol–water partition coefficient (Wildman–Crippen LogP) is 29.0. The smallest absolute Gasteiger partial charge is 0.0789 e. The maximum Gasteiger partial charge on any atom is 0.0789 e. The van der Waals surface area contributed by atoms with Crippen molar-refractivity contribution in [2.45, 2.75) is 44.4 Å². The second-order valence-electron chi connectivity index (χ2n) is 30.8. The number of rotatable bonds is 9. The number of hydrogen-bond acceptors (Lipinski definition) is 1. The fourth-order valence-corrected chi connectivity index (χ4v) is 19.1. The zero-order chi connectivity index (χ0) is 75.9. The number of H-pyrrole nitrogens is 1. The topological polar surface area (TPSA) is 33.8 Å². The van der Waals surface area contributed by atoms with Crippen LogP contribution in [0.5, 0.6) is 0 Å². The van der Waals surface area contributed by atoms with Crippen molar-refractivity contribution >= 4 is 98.4 Å². The molecule has 22 rings (SSSR count). The summed E-state index contributed by atoms with van der Waals surface area (Å²) in [6.07, 6.45) is 0. The highest BCUT2D eigenvalue weighted by atomic mass is 79.9. The molecule has 0 bridgehead atoms. The minimum absolute atomic E-state index is 0.0374. The molecule has 6 heteroatoms. The van der Waals surface area contributed by atoms with Crippen molar-refractivity contribution < 1.29 is 0 Å². The average molecular weight is 1520 g/mol. The number of fused-ring (bicyclic) bond motifs is 14. The number of hydrogen-bond donors (Lipinski definition) is 1. The summed E-state index contributed by atoms with van der Waals surface area (Å²) in [7, 11) is 0. The minimum Gasteiger partial charge on any atom is -0.353 e. The first-order valence-corrected chi connectivity index (χ1v) is 39.9. The Balaban J connectivity index is 0.000000123. The lowest BCUT2D eigenvalue weighted by Gasteiger charge is -2.42. The number of halogens is 1. The van der Waals surface area contributed by atoms with Gasteiger partial charge in [0.2, 0.25) is 0 Å². The van der Waals surface area contributed by atoms with Gasteiger partial charge in [-0.15, -0.1) is 0 Å². The maximum atomic E-state index is 3.75. The number of anilines is 3. The molecular weight excluding hydrogens is 1440 g/mol. The van der Waals surface area contributed by atoms with Crippen LogP contribution in [0.15, 0.2) is 405 Å². The third kappa shape index (κ3) is 11.5. The largest absolute Gasteiger partial charge is 0.353 e. The van der Waals surface area contributed by atoms with Gasteiger partial charge in [0.1, 0.15) is 0 Å². The van der Waals surface area contributed by atoms with E-state index in [-0.39, 0.29) is 10.8 Å². The van der Waals surface area contributed by atoms with Crippen molar-refractivity contribution in [3.63, 3.8) is 0 Å². The fraction of sp³-hybridized carbons (Fsp3) is 0.0654. The molecule has 0 unspecified atom stereocenters. The Bertz CT molecular complexity index is 6890. The molecule has 540 valence electrons. The molecule has 0 spiro atoms. The van der Waals surface area contributed by atoms with E-state index in [1.807, 2.05) is 0 Å². The molecule has 20 aromatic rings. The second-order valence-corrected chi connectivity index (χ2v) is 31.7. The number of nitrogens with zero attached hydrogens (tertiary/aromatic N) is 4. The summed E-state index contributed by atoms with van der Waals surface area (Å²) in [5.74, 6) is 0.299. The molecule has 2 aliphatic rings. The Morgan fingerprint density at radius 2 is 0.681 bits per heavy atom. The quantitative estimate of drug-likeness (QED) is 0.154.